The molecule has 5 nitrogen and oxygen atoms in total. The Balaban J connectivity index is 2.28. The van der Waals surface area contributed by atoms with Crippen LogP contribution in [0.25, 0.3) is 0 Å². The Morgan fingerprint density at radius 3 is 2.58 bits per heavy atom. The van der Waals surface area contributed by atoms with Crippen molar-refractivity contribution >= 4 is 23.2 Å². The van der Waals surface area contributed by atoms with Crippen LogP contribution < -0.4 is 5.73 Å². The number of primary amides is 1. The molecule has 2 N–H and O–H groups in total. The molecule has 2 rings (SSSR count). The van der Waals surface area contributed by atoms with Gasteiger partial charge in [-0.1, -0.05) is 0 Å². The van der Waals surface area contributed by atoms with Gasteiger partial charge >= 0.3 is 0 Å². The lowest BCUT2D eigenvalue weighted by molar-refractivity contribution is -0.119. The fourth-order valence-electron chi connectivity index (χ4n) is 1.95. The lowest BCUT2D eigenvalue weighted by Crippen LogP contribution is -2.49. The zero-order chi connectivity index (χ0) is 14.2. The fourth-order valence-corrected chi connectivity index (χ4v) is 2.78. The van der Waals surface area contributed by atoms with Gasteiger partial charge in [0.25, 0.3) is 5.91 Å². The maximum atomic E-state index is 12.6. The van der Waals surface area contributed by atoms with Crippen LogP contribution in [0, 0.1) is 0 Å². The van der Waals surface area contributed by atoms with E-state index in [1.165, 1.54) is 16.2 Å². The van der Waals surface area contributed by atoms with E-state index in [1.807, 2.05) is 20.8 Å². The first-order valence-electron chi connectivity index (χ1n) is 6.34. The van der Waals surface area contributed by atoms with Crippen molar-refractivity contribution in [2.45, 2.75) is 45.1 Å². The Bertz CT molecular complexity index is 500. The minimum Gasteiger partial charge on any atom is -0.368 e. The SMILES string of the molecule is CC(C)(C)N(CC(N)=O)C(=O)c1scnc1C1CC1. The molecule has 1 aromatic rings. The molecule has 0 aliphatic heterocycles. The van der Waals surface area contributed by atoms with E-state index < -0.39 is 11.4 Å². The number of hydrogen-bond donors (Lipinski definition) is 1. The van der Waals surface area contributed by atoms with Gasteiger partial charge in [-0.05, 0) is 33.6 Å². The Kier molecular flexibility index (Phi) is 3.62. The van der Waals surface area contributed by atoms with Gasteiger partial charge in [0, 0.05) is 11.5 Å². The summed E-state index contributed by atoms with van der Waals surface area (Å²) in [4.78, 5) is 30.3. The highest BCUT2D eigenvalue weighted by Gasteiger charge is 2.35. The summed E-state index contributed by atoms with van der Waals surface area (Å²) >= 11 is 1.34. The Labute approximate surface area is 116 Å². The molecule has 0 saturated heterocycles. The third-order valence-corrected chi connectivity index (χ3v) is 3.95. The van der Waals surface area contributed by atoms with Crippen molar-refractivity contribution in [2.24, 2.45) is 5.73 Å². The Morgan fingerprint density at radius 2 is 2.11 bits per heavy atom. The summed E-state index contributed by atoms with van der Waals surface area (Å²) < 4.78 is 0. The quantitative estimate of drug-likeness (QED) is 0.913. The number of hydrogen-bond acceptors (Lipinski definition) is 4. The van der Waals surface area contributed by atoms with E-state index in [0.29, 0.717) is 10.8 Å². The zero-order valence-electron chi connectivity index (χ0n) is 11.5. The fraction of sp³-hybridized carbons (Fsp3) is 0.615. The van der Waals surface area contributed by atoms with Gasteiger partial charge in [-0.3, -0.25) is 9.59 Å². The molecule has 0 atom stereocenters. The molecule has 6 heteroatoms. The van der Waals surface area contributed by atoms with Crippen molar-refractivity contribution in [3.05, 3.63) is 16.1 Å². The van der Waals surface area contributed by atoms with Crippen molar-refractivity contribution in [2.75, 3.05) is 6.54 Å². The van der Waals surface area contributed by atoms with Crippen LogP contribution in [0.5, 0.6) is 0 Å². The number of thiazole rings is 1. The summed E-state index contributed by atoms with van der Waals surface area (Å²) in [6, 6.07) is 0. The summed E-state index contributed by atoms with van der Waals surface area (Å²) in [5.41, 5.74) is 7.38. The smallest absolute Gasteiger partial charge is 0.266 e. The first-order chi connectivity index (χ1) is 8.80. The topological polar surface area (TPSA) is 76.3 Å². The summed E-state index contributed by atoms with van der Waals surface area (Å²) in [6.45, 7) is 5.62. The molecular formula is C13H19N3O2S. The van der Waals surface area contributed by atoms with Crippen LogP contribution >= 0.6 is 11.3 Å². The normalized spacial score (nSPS) is 15.3. The van der Waals surface area contributed by atoms with Gasteiger partial charge in [-0.15, -0.1) is 11.3 Å². The second-order valence-electron chi connectivity index (χ2n) is 5.87. The average molecular weight is 281 g/mol. The predicted octanol–water partition coefficient (Wildman–Crippen LogP) is 1.75. The second-order valence-corrected chi connectivity index (χ2v) is 6.72. The zero-order valence-corrected chi connectivity index (χ0v) is 12.3. The summed E-state index contributed by atoms with van der Waals surface area (Å²) in [6.07, 6.45) is 2.19. The van der Waals surface area contributed by atoms with E-state index in [9.17, 15) is 9.59 Å². The minimum atomic E-state index is -0.499. The highest BCUT2D eigenvalue weighted by atomic mass is 32.1. The monoisotopic (exact) mass is 281 g/mol. The van der Waals surface area contributed by atoms with Gasteiger partial charge in [0.05, 0.1) is 11.2 Å². The van der Waals surface area contributed by atoms with E-state index in [0.717, 1.165) is 18.5 Å². The molecule has 104 valence electrons. The lowest BCUT2D eigenvalue weighted by atomic mass is 10.0. The van der Waals surface area contributed by atoms with Crippen LogP contribution in [0.3, 0.4) is 0 Å². The molecule has 1 aliphatic rings. The van der Waals surface area contributed by atoms with Gasteiger partial charge < -0.3 is 10.6 Å². The van der Waals surface area contributed by atoms with Gasteiger partial charge in [-0.2, -0.15) is 0 Å². The molecular weight excluding hydrogens is 262 g/mol. The van der Waals surface area contributed by atoms with Crippen LogP contribution in [-0.2, 0) is 4.79 Å². The largest absolute Gasteiger partial charge is 0.368 e. The van der Waals surface area contributed by atoms with Crippen molar-refractivity contribution in [3.8, 4) is 0 Å². The van der Waals surface area contributed by atoms with E-state index in [4.69, 9.17) is 5.73 Å². The van der Waals surface area contributed by atoms with Crippen molar-refractivity contribution < 1.29 is 9.59 Å². The first-order valence-corrected chi connectivity index (χ1v) is 7.22. The average Bonchev–Trinajstić information content (AvgIpc) is 3.01. The van der Waals surface area contributed by atoms with Crippen LogP contribution in [0.15, 0.2) is 5.51 Å². The molecule has 0 radical (unpaired) electrons. The molecule has 0 spiro atoms. The van der Waals surface area contributed by atoms with Crippen LogP contribution in [-0.4, -0.2) is 33.8 Å². The number of amides is 2. The number of carbonyl (C=O) groups is 2. The predicted molar refractivity (Wildman–Crippen MR) is 74.1 cm³/mol. The molecule has 0 bridgehead atoms. The van der Waals surface area contributed by atoms with Crippen LogP contribution in [0.1, 0.15) is 54.9 Å². The molecule has 19 heavy (non-hydrogen) atoms. The molecule has 1 aliphatic carbocycles. The highest BCUT2D eigenvalue weighted by Crippen LogP contribution is 2.42. The van der Waals surface area contributed by atoms with Crippen molar-refractivity contribution in [3.63, 3.8) is 0 Å². The first kappa shape index (κ1) is 14.0. The second kappa shape index (κ2) is 4.92. The third kappa shape index (κ3) is 3.12. The van der Waals surface area contributed by atoms with E-state index >= 15 is 0 Å². The highest BCUT2D eigenvalue weighted by molar-refractivity contribution is 7.11. The number of carbonyl (C=O) groups excluding carboxylic acids is 2. The number of nitrogens with two attached hydrogens (primary N) is 1. The Hall–Kier alpha value is -1.43. The maximum Gasteiger partial charge on any atom is 0.266 e. The van der Waals surface area contributed by atoms with Gasteiger partial charge in [-0.25, -0.2) is 4.98 Å². The molecule has 1 fully saturated rings. The summed E-state index contributed by atoms with van der Waals surface area (Å²) in [5.74, 6) is -0.225. The van der Waals surface area contributed by atoms with Gasteiger partial charge in [0.2, 0.25) is 5.91 Å². The van der Waals surface area contributed by atoms with Gasteiger partial charge in [0.1, 0.15) is 11.4 Å². The van der Waals surface area contributed by atoms with E-state index in [1.54, 1.807) is 5.51 Å². The van der Waals surface area contributed by atoms with E-state index in [2.05, 4.69) is 4.98 Å². The summed E-state index contributed by atoms with van der Waals surface area (Å²) in [5, 5.41) is 0. The number of aromatic nitrogens is 1. The standard InChI is InChI=1S/C13H19N3O2S/c1-13(2,3)16(6-9(14)17)12(18)11-10(8-4-5-8)15-7-19-11/h7-8H,4-6H2,1-3H3,(H2,14,17). The van der Waals surface area contributed by atoms with Gasteiger partial charge in [0.15, 0.2) is 0 Å². The molecule has 0 aromatic carbocycles. The summed E-state index contributed by atoms with van der Waals surface area (Å²) in [7, 11) is 0. The van der Waals surface area contributed by atoms with Crippen molar-refractivity contribution in [1.82, 2.24) is 9.88 Å². The van der Waals surface area contributed by atoms with Crippen LogP contribution in [0.2, 0.25) is 0 Å². The molecule has 1 saturated carbocycles. The molecule has 1 aromatic heterocycles. The number of nitrogens with zero attached hydrogens (tertiary/aromatic N) is 2. The lowest BCUT2D eigenvalue weighted by Gasteiger charge is -2.34. The van der Waals surface area contributed by atoms with E-state index in [-0.39, 0.29) is 12.5 Å². The maximum absolute atomic E-state index is 12.6. The minimum absolute atomic E-state index is 0.0651. The Morgan fingerprint density at radius 1 is 1.47 bits per heavy atom. The molecule has 2 amide bonds. The molecule has 0 unspecified atom stereocenters. The van der Waals surface area contributed by atoms with Crippen LogP contribution in [0.4, 0.5) is 0 Å². The third-order valence-electron chi connectivity index (χ3n) is 3.12. The molecule has 1 heterocycles. The van der Waals surface area contributed by atoms with Crippen molar-refractivity contribution in [1.29, 1.82) is 0 Å². The number of rotatable bonds is 4.